The molecule has 23 heavy (non-hydrogen) atoms. The van der Waals surface area contributed by atoms with Crippen LogP contribution in [0.2, 0.25) is 5.02 Å². The van der Waals surface area contributed by atoms with Crippen LogP contribution in [-0.2, 0) is 9.59 Å². The second-order valence-electron chi connectivity index (χ2n) is 5.10. The second kappa shape index (κ2) is 7.37. The molecule has 0 radical (unpaired) electrons. The zero-order chi connectivity index (χ0) is 17.0. The Morgan fingerprint density at radius 3 is 2.74 bits per heavy atom. The summed E-state index contributed by atoms with van der Waals surface area (Å²) >= 11 is 6.14. The molecule has 7 heteroatoms. The van der Waals surface area contributed by atoms with E-state index in [0.29, 0.717) is 28.8 Å². The third-order valence-corrected chi connectivity index (χ3v) is 3.96. The molecule has 0 saturated carbocycles. The Morgan fingerprint density at radius 1 is 1.43 bits per heavy atom. The summed E-state index contributed by atoms with van der Waals surface area (Å²) in [7, 11) is 3.00. The molecule has 1 heterocycles. The highest BCUT2D eigenvalue weighted by Crippen LogP contribution is 2.40. The van der Waals surface area contributed by atoms with E-state index in [0.717, 1.165) is 0 Å². The Balaban J connectivity index is 2.25. The van der Waals surface area contributed by atoms with Crippen LogP contribution in [0.3, 0.4) is 0 Å². The number of anilines is 1. The Labute approximate surface area is 140 Å². The molecule has 0 aliphatic carbocycles. The normalized spacial score (nSPS) is 17.1. The van der Waals surface area contributed by atoms with Gasteiger partial charge in [0.05, 0.1) is 30.8 Å². The lowest BCUT2D eigenvalue weighted by atomic mass is 10.1. The van der Waals surface area contributed by atoms with E-state index in [1.165, 1.54) is 19.1 Å². The summed E-state index contributed by atoms with van der Waals surface area (Å²) in [5, 5.41) is 3.08. The Bertz CT molecular complexity index is 633. The zero-order valence-electron chi connectivity index (χ0n) is 13.1. The van der Waals surface area contributed by atoms with Crippen molar-refractivity contribution >= 4 is 29.1 Å². The van der Waals surface area contributed by atoms with E-state index < -0.39 is 5.92 Å². The molecule has 1 atom stereocenters. The van der Waals surface area contributed by atoms with Crippen molar-refractivity contribution in [3.8, 4) is 11.5 Å². The number of rotatable bonds is 6. The molecule has 0 bridgehead atoms. The number of carbonyl (C=O) groups excluding carboxylic acids is 2. The third-order valence-electron chi connectivity index (χ3n) is 3.66. The van der Waals surface area contributed by atoms with Gasteiger partial charge in [0.25, 0.3) is 0 Å². The van der Waals surface area contributed by atoms with E-state index in [9.17, 15) is 9.59 Å². The number of ether oxygens (including phenoxy) is 2. The fourth-order valence-corrected chi connectivity index (χ4v) is 2.72. The third kappa shape index (κ3) is 3.59. The molecule has 0 spiro atoms. The molecule has 1 unspecified atom stereocenters. The monoisotopic (exact) mass is 338 g/mol. The number of nitrogens with one attached hydrogen (secondary N) is 1. The average molecular weight is 339 g/mol. The standard InChI is InChI=1S/C16H19ClN2O4/c1-4-5-18-16(21)10-6-15(20)19(9-10)12-7-11(17)13(22-2)8-14(12)23-3/h4,7-8,10H,1,5-6,9H2,2-3H3,(H,18,21). The number of carbonyl (C=O) groups is 2. The van der Waals surface area contributed by atoms with Gasteiger partial charge in [-0.2, -0.15) is 0 Å². The van der Waals surface area contributed by atoms with Gasteiger partial charge in [0.1, 0.15) is 11.5 Å². The smallest absolute Gasteiger partial charge is 0.227 e. The SMILES string of the molecule is C=CCNC(=O)C1CC(=O)N(c2cc(Cl)c(OC)cc2OC)C1. The van der Waals surface area contributed by atoms with Crippen LogP contribution in [0.1, 0.15) is 6.42 Å². The number of amides is 2. The van der Waals surface area contributed by atoms with E-state index in [2.05, 4.69) is 11.9 Å². The minimum absolute atomic E-state index is 0.149. The van der Waals surface area contributed by atoms with Gasteiger partial charge in [0.15, 0.2) is 0 Å². The fraction of sp³-hybridized carbons (Fsp3) is 0.375. The topological polar surface area (TPSA) is 67.9 Å². The van der Waals surface area contributed by atoms with Gasteiger partial charge < -0.3 is 19.7 Å². The average Bonchev–Trinajstić information content (AvgIpc) is 2.94. The first kappa shape index (κ1) is 17.1. The van der Waals surface area contributed by atoms with Crippen LogP contribution >= 0.6 is 11.6 Å². The number of hydrogen-bond acceptors (Lipinski definition) is 4. The predicted molar refractivity (Wildman–Crippen MR) is 88.2 cm³/mol. The lowest BCUT2D eigenvalue weighted by Gasteiger charge is -2.20. The summed E-state index contributed by atoms with van der Waals surface area (Å²) in [5.41, 5.74) is 0.530. The number of halogens is 1. The van der Waals surface area contributed by atoms with Gasteiger partial charge in [0.2, 0.25) is 11.8 Å². The molecular formula is C16H19ClN2O4. The highest BCUT2D eigenvalue weighted by Gasteiger charge is 2.36. The molecule has 0 aromatic heterocycles. The summed E-state index contributed by atoms with van der Waals surface area (Å²) in [4.78, 5) is 25.8. The summed E-state index contributed by atoms with van der Waals surface area (Å²) in [6, 6.07) is 3.23. The predicted octanol–water partition coefficient (Wildman–Crippen LogP) is 2.01. The van der Waals surface area contributed by atoms with Crippen molar-refractivity contribution in [2.24, 2.45) is 5.92 Å². The molecule has 1 N–H and O–H groups in total. The molecule has 2 rings (SSSR count). The van der Waals surface area contributed by atoms with Crippen molar-refractivity contribution in [3.63, 3.8) is 0 Å². The molecule has 1 saturated heterocycles. The Hall–Kier alpha value is -2.21. The molecular weight excluding hydrogens is 320 g/mol. The van der Waals surface area contributed by atoms with Crippen molar-refractivity contribution < 1.29 is 19.1 Å². The Morgan fingerprint density at radius 2 is 2.13 bits per heavy atom. The van der Waals surface area contributed by atoms with E-state index in [-0.39, 0.29) is 24.8 Å². The highest BCUT2D eigenvalue weighted by atomic mass is 35.5. The minimum Gasteiger partial charge on any atom is -0.495 e. The van der Waals surface area contributed by atoms with Gasteiger partial charge in [-0.3, -0.25) is 9.59 Å². The molecule has 2 amide bonds. The van der Waals surface area contributed by atoms with Gasteiger partial charge in [-0.15, -0.1) is 6.58 Å². The second-order valence-corrected chi connectivity index (χ2v) is 5.51. The molecule has 1 aliphatic heterocycles. The first-order valence-corrected chi connectivity index (χ1v) is 7.50. The molecule has 1 aromatic rings. The van der Waals surface area contributed by atoms with Gasteiger partial charge in [-0.05, 0) is 6.07 Å². The van der Waals surface area contributed by atoms with Crippen molar-refractivity contribution in [2.75, 3.05) is 32.2 Å². The molecule has 1 aliphatic rings. The summed E-state index contributed by atoms with van der Waals surface area (Å²) in [6.07, 6.45) is 1.74. The maximum absolute atomic E-state index is 12.3. The quantitative estimate of drug-likeness (QED) is 0.806. The van der Waals surface area contributed by atoms with Gasteiger partial charge in [0, 0.05) is 25.6 Å². The lowest BCUT2D eigenvalue weighted by molar-refractivity contribution is -0.126. The maximum atomic E-state index is 12.3. The van der Waals surface area contributed by atoms with Gasteiger partial charge in [-0.25, -0.2) is 0 Å². The Kier molecular flexibility index (Phi) is 5.50. The number of hydrogen-bond donors (Lipinski definition) is 1. The van der Waals surface area contributed by atoms with Crippen LogP contribution in [0.4, 0.5) is 5.69 Å². The lowest BCUT2D eigenvalue weighted by Crippen LogP contribution is -2.33. The molecule has 124 valence electrons. The van der Waals surface area contributed by atoms with E-state index >= 15 is 0 Å². The van der Waals surface area contributed by atoms with E-state index in [1.807, 2.05) is 0 Å². The van der Waals surface area contributed by atoms with Crippen LogP contribution in [0.5, 0.6) is 11.5 Å². The van der Waals surface area contributed by atoms with Crippen LogP contribution in [-0.4, -0.2) is 39.1 Å². The van der Waals surface area contributed by atoms with Crippen molar-refractivity contribution in [1.82, 2.24) is 5.32 Å². The van der Waals surface area contributed by atoms with E-state index in [1.54, 1.807) is 18.2 Å². The van der Waals surface area contributed by atoms with Crippen molar-refractivity contribution in [1.29, 1.82) is 0 Å². The van der Waals surface area contributed by atoms with E-state index in [4.69, 9.17) is 21.1 Å². The first-order valence-electron chi connectivity index (χ1n) is 7.12. The fourth-order valence-electron chi connectivity index (χ4n) is 2.49. The largest absolute Gasteiger partial charge is 0.495 e. The minimum atomic E-state index is -0.409. The van der Waals surface area contributed by atoms with Crippen LogP contribution in [0, 0.1) is 5.92 Å². The van der Waals surface area contributed by atoms with Crippen LogP contribution in [0.25, 0.3) is 0 Å². The molecule has 1 aromatic carbocycles. The van der Waals surface area contributed by atoms with Gasteiger partial charge >= 0.3 is 0 Å². The van der Waals surface area contributed by atoms with Crippen molar-refractivity contribution in [2.45, 2.75) is 6.42 Å². The number of methoxy groups -OCH3 is 2. The summed E-state index contributed by atoms with van der Waals surface area (Å²) in [5.74, 6) is 0.196. The van der Waals surface area contributed by atoms with Crippen LogP contribution in [0.15, 0.2) is 24.8 Å². The number of nitrogens with zero attached hydrogens (tertiary/aromatic N) is 1. The van der Waals surface area contributed by atoms with Crippen LogP contribution < -0.4 is 19.7 Å². The summed E-state index contributed by atoms with van der Waals surface area (Å²) < 4.78 is 10.5. The molecule has 6 nitrogen and oxygen atoms in total. The zero-order valence-corrected chi connectivity index (χ0v) is 13.9. The highest BCUT2D eigenvalue weighted by molar-refractivity contribution is 6.32. The maximum Gasteiger partial charge on any atom is 0.227 e. The van der Waals surface area contributed by atoms with Gasteiger partial charge in [-0.1, -0.05) is 17.7 Å². The first-order chi connectivity index (χ1) is 11.0. The molecule has 1 fully saturated rings. The number of benzene rings is 1. The summed E-state index contributed by atoms with van der Waals surface area (Å²) in [6.45, 7) is 4.21. The van der Waals surface area contributed by atoms with Crippen molar-refractivity contribution in [3.05, 3.63) is 29.8 Å².